The molecule has 4 nitrogen and oxygen atoms in total. The first-order chi connectivity index (χ1) is 7.79. The van der Waals surface area contributed by atoms with Crippen LogP contribution in [0.3, 0.4) is 0 Å². The third-order valence-electron chi connectivity index (χ3n) is 4.14. The van der Waals surface area contributed by atoms with Gasteiger partial charge in [0.15, 0.2) is 9.84 Å². The van der Waals surface area contributed by atoms with Gasteiger partial charge in [-0.05, 0) is 37.8 Å². The molecule has 0 unspecified atom stereocenters. The van der Waals surface area contributed by atoms with E-state index in [2.05, 4.69) is 18.7 Å². The number of nitrogens with zero attached hydrogens (tertiary/aromatic N) is 1. The van der Waals surface area contributed by atoms with Crippen molar-refractivity contribution in [1.82, 2.24) is 4.90 Å². The quantitative estimate of drug-likeness (QED) is 0.753. The fourth-order valence-corrected chi connectivity index (χ4v) is 4.77. The molecule has 0 aromatic carbocycles. The molecule has 0 bridgehead atoms. The lowest BCUT2D eigenvalue weighted by Gasteiger charge is -2.29. The Morgan fingerprint density at radius 1 is 1.18 bits per heavy atom. The van der Waals surface area contributed by atoms with Crippen LogP contribution < -0.4 is 0 Å². The normalized spacial score (nSPS) is 37.8. The first-order valence-corrected chi connectivity index (χ1v) is 8.24. The zero-order valence-corrected chi connectivity index (χ0v) is 11.5. The number of aliphatic hydroxyl groups excluding tert-OH is 1. The van der Waals surface area contributed by atoms with E-state index in [1.807, 2.05) is 0 Å². The molecule has 2 aliphatic rings. The summed E-state index contributed by atoms with van der Waals surface area (Å²) in [5.41, 5.74) is 0.344. The average molecular weight is 261 g/mol. The van der Waals surface area contributed by atoms with Gasteiger partial charge in [0.2, 0.25) is 0 Å². The van der Waals surface area contributed by atoms with Gasteiger partial charge in [-0.1, -0.05) is 13.8 Å². The molecule has 0 aromatic rings. The highest BCUT2D eigenvalue weighted by Crippen LogP contribution is 2.31. The van der Waals surface area contributed by atoms with Gasteiger partial charge in [0.25, 0.3) is 0 Å². The summed E-state index contributed by atoms with van der Waals surface area (Å²) in [6, 6.07) is -0.172. The van der Waals surface area contributed by atoms with Crippen LogP contribution in [0, 0.1) is 5.41 Å². The van der Waals surface area contributed by atoms with Crippen molar-refractivity contribution in [3.63, 3.8) is 0 Å². The first kappa shape index (κ1) is 13.3. The number of likely N-dealkylation sites (tertiary alicyclic amines) is 1. The predicted octanol–water partition coefficient (Wildman–Crippen LogP) is 0.656. The van der Waals surface area contributed by atoms with Gasteiger partial charge in [0.05, 0.1) is 23.7 Å². The van der Waals surface area contributed by atoms with Crippen LogP contribution in [-0.4, -0.2) is 55.2 Å². The maximum atomic E-state index is 11.5. The van der Waals surface area contributed by atoms with Gasteiger partial charge in [0, 0.05) is 0 Å². The highest BCUT2D eigenvalue weighted by molar-refractivity contribution is 7.91. The highest BCUT2D eigenvalue weighted by Gasteiger charge is 2.40. The number of hydrogen-bond donors (Lipinski definition) is 1. The van der Waals surface area contributed by atoms with E-state index in [0.717, 1.165) is 25.9 Å². The monoisotopic (exact) mass is 261 g/mol. The zero-order chi connectivity index (χ0) is 12.7. The summed E-state index contributed by atoms with van der Waals surface area (Å²) in [6.45, 7) is 6.35. The Balaban J connectivity index is 2.04. The first-order valence-electron chi connectivity index (χ1n) is 6.42. The Labute approximate surface area is 104 Å². The molecule has 0 aliphatic carbocycles. The number of sulfone groups is 1. The van der Waals surface area contributed by atoms with Gasteiger partial charge in [-0.25, -0.2) is 8.42 Å². The van der Waals surface area contributed by atoms with Crippen molar-refractivity contribution < 1.29 is 13.5 Å². The van der Waals surface area contributed by atoms with Gasteiger partial charge in [0.1, 0.15) is 0 Å². The van der Waals surface area contributed by atoms with Crippen LogP contribution >= 0.6 is 0 Å². The van der Waals surface area contributed by atoms with Gasteiger partial charge < -0.3 is 5.11 Å². The molecule has 2 saturated heterocycles. The standard InChI is InChI=1S/C12H23NO3S/c1-12(2)4-3-6-13(7-5-12)10-8-17(15,16)9-11(10)14/h10-11,14H,3-9H2,1-2H3/t10-,11+/m1/s1. The Morgan fingerprint density at radius 3 is 2.47 bits per heavy atom. The number of rotatable bonds is 1. The molecule has 2 heterocycles. The van der Waals surface area contributed by atoms with Gasteiger partial charge in [-0.15, -0.1) is 0 Å². The number of hydrogen-bond acceptors (Lipinski definition) is 4. The Bertz CT molecular complexity index is 377. The maximum absolute atomic E-state index is 11.5. The van der Waals surface area contributed by atoms with Crippen LogP contribution in [0.2, 0.25) is 0 Å². The SMILES string of the molecule is CC1(C)CCCN([C@@H]2CS(=O)(=O)C[C@@H]2O)CC1. The minimum atomic E-state index is -3.03. The third kappa shape index (κ3) is 3.20. The van der Waals surface area contributed by atoms with E-state index in [1.54, 1.807) is 0 Å². The molecular formula is C12H23NO3S. The molecule has 2 atom stereocenters. The van der Waals surface area contributed by atoms with E-state index in [0.29, 0.717) is 5.41 Å². The van der Waals surface area contributed by atoms with Crippen molar-refractivity contribution in [2.45, 2.75) is 45.3 Å². The molecule has 5 heteroatoms. The fourth-order valence-electron chi connectivity index (χ4n) is 2.93. The summed E-state index contributed by atoms with van der Waals surface area (Å²) in [6.07, 6.45) is 2.66. The largest absolute Gasteiger partial charge is 0.390 e. The fraction of sp³-hybridized carbons (Fsp3) is 1.00. The Morgan fingerprint density at radius 2 is 1.88 bits per heavy atom. The molecule has 17 heavy (non-hydrogen) atoms. The van der Waals surface area contributed by atoms with Crippen LogP contribution in [0.25, 0.3) is 0 Å². The second-order valence-corrected chi connectivity index (χ2v) is 8.42. The Kier molecular flexibility index (Phi) is 3.54. The lowest BCUT2D eigenvalue weighted by molar-refractivity contribution is 0.0834. The third-order valence-corrected chi connectivity index (χ3v) is 5.84. The molecule has 0 spiro atoms. The van der Waals surface area contributed by atoms with Crippen LogP contribution in [-0.2, 0) is 9.84 Å². The number of aliphatic hydroxyl groups is 1. The summed E-state index contributed by atoms with van der Waals surface area (Å²) in [4.78, 5) is 2.18. The van der Waals surface area contributed by atoms with Crippen LogP contribution in [0.5, 0.6) is 0 Å². The Hall–Kier alpha value is -0.130. The summed E-state index contributed by atoms with van der Waals surface area (Å²) in [5.74, 6) is 0.0756. The van der Waals surface area contributed by atoms with E-state index in [1.165, 1.54) is 6.42 Å². The summed E-state index contributed by atoms with van der Waals surface area (Å²) >= 11 is 0. The van der Waals surface area contributed by atoms with Crippen LogP contribution in [0.15, 0.2) is 0 Å². The van der Waals surface area contributed by atoms with Crippen molar-refractivity contribution in [3.05, 3.63) is 0 Å². The second-order valence-electron chi connectivity index (χ2n) is 6.27. The van der Waals surface area contributed by atoms with E-state index in [4.69, 9.17) is 0 Å². The minimum absolute atomic E-state index is 0.0580. The van der Waals surface area contributed by atoms with Crippen molar-refractivity contribution in [3.8, 4) is 0 Å². The lowest BCUT2D eigenvalue weighted by atomic mass is 9.85. The summed E-state index contributed by atoms with van der Waals surface area (Å²) in [7, 11) is -3.03. The zero-order valence-electron chi connectivity index (χ0n) is 10.7. The lowest BCUT2D eigenvalue weighted by Crippen LogP contribution is -2.43. The molecule has 2 rings (SSSR count). The van der Waals surface area contributed by atoms with Gasteiger partial charge >= 0.3 is 0 Å². The van der Waals surface area contributed by atoms with Crippen molar-refractivity contribution in [1.29, 1.82) is 0 Å². The van der Waals surface area contributed by atoms with E-state index in [9.17, 15) is 13.5 Å². The molecule has 1 N–H and O–H groups in total. The van der Waals surface area contributed by atoms with E-state index < -0.39 is 15.9 Å². The molecular weight excluding hydrogens is 238 g/mol. The van der Waals surface area contributed by atoms with Crippen molar-refractivity contribution >= 4 is 9.84 Å². The maximum Gasteiger partial charge on any atom is 0.154 e. The van der Waals surface area contributed by atoms with Gasteiger partial charge in [-0.3, -0.25) is 4.90 Å². The van der Waals surface area contributed by atoms with Crippen molar-refractivity contribution in [2.24, 2.45) is 5.41 Å². The molecule has 2 fully saturated rings. The molecule has 0 radical (unpaired) electrons. The molecule has 100 valence electrons. The molecule has 0 aromatic heterocycles. The minimum Gasteiger partial charge on any atom is -0.390 e. The van der Waals surface area contributed by atoms with Crippen LogP contribution in [0.1, 0.15) is 33.1 Å². The van der Waals surface area contributed by atoms with Crippen molar-refractivity contribution in [2.75, 3.05) is 24.6 Å². The summed E-state index contributed by atoms with van der Waals surface area (Å²) in [5, 5.41) is 9.88. The molecule has 0 amide bonds. The van der Waals surface area contributed by atoms with Gasteiger partial charge in [-0.2, -0.15) is 0 Å². The van der Waals surface area contributed by atoms with E-state index in [-0.39, 0.29) is 17.5 Å². The topological polar surface area (TPSA) is 57.6 Å². The smallest absolute Gasteiger partial charge is 0.154 e. The van der Waals surface area contributed by atoms with E-state index >= 15 is 0 Å². The second kappa shape index (κ2) is 4.52. The molecule has 0 saturated carbocycles. The molecule has 2 aliphatic heterocycles. The highest BCUT2D eigenvalue weighted by atomic mass is 32.2. The predicted molar refractivity (Wildman–Crippen MR) is 67.7 cm³/mol. The average Bonchev–Trinajstić information content (AvgIpc) is 2.35. The summed E-state index contributed by atoms with van der Waals surface area (Å²) < 4.78 is 23.0. The van der Waals surface area contributed by atoms with Crippen LogP contribution in [0.4, 0.5) is 0 Å².